The van der Waals surface area contributed by atoms with Crippen LogP contribution in [-0.2, 0) is 6.42 Å². The summed E-state index contributed by atoms with van der Waals surface area (Å²) in [6, 6.07) is 10.8. The smallest absolute Gasteiger partial charge is 0.0643 e. The van der Waals surface area contributed by atoms with E-state index in [2.05, 4.69) is 49.5 Å². The lowest BCUT2D eigenvalue weighted by atomic mass is 10.0. The van der Waals surface area contributed by atoms with Crippen molar-refractivity contribution in [3.05, 3.63) is 52.8 Å². The molecule has 0 saturated carbocycles. The molecule has 2 aromatic rings. The number of hydrogen-bond donors (Lipinski definition) is 1. The minimum atomic E-state index is 0.249. The lowest BCUT2D eigenvalue weighted by Gasteiger charge is -2.18. The average Bonchev–Trinajstić information content (AvgIpc) is 2.92. The van der Waals surface area contributed by atoms with E-state index in [1.807, 2.05) is 22.9 Å². The summed E-state index contributed by atoms with van der Waals surface area (Å²) in [5.74, 6) is 0. The van der Waals surface area contributed by atoms with E-state index in [1.54, 1.807) is 0 Å². The third-order valence-corrected chi connectivity index (χ3v) is 3.73. The van der Waals surface area contributed by atoms with Gasteiger partial charge in [0.15, 0.2) is 0 Å². The van der Waals surface area contributed by atoms with Crippen LogP contribution in [0.4, 0.5) is 0 Å². The number of rotatable bonds is 7. The summed E-state index contributed by atoms with van der Waals surface area (Å²) < 4.78 is 2.00. The van der Waals surface area contributed by atoms with Gasteiger partial charge in [-0.3, -0.25) is 4.68 Å². The van der Waals surface area contributed by atoms with Crippen LogP contribution in [-0.4, -0.2) is 16.3 Å². The van der Waals surface area contributed by atoms with Crippen molar-refractivity contribution >= 4 is 11.6 Å². The Bertz CT molecular complexity index is 563. The maximum atomic E-state index is 6.12. The van der Waals surface area contributed by atoms with Crippen molar-refractivity contribution in [2.24, 2.45) is 0 Å². The van der Waals surface area contributed by atoms with Crippen LogP contribution in [0.15, 0.2) is 36.5 Å². The van der Waals surface area contributed by atoms with Gasteiger partial charge in [0.25, 0.3) is 0 Å². The van der Waals surface area contributed by atoms with Crippen LogP contribution in [0.3, 0.4) is 0 Å². The predicted molar refractivity (Wildman–Crippen MR) is 88.8 cm³/mol. The Hall–Kier alpha value is -1.32. The molecular weight excluding hydrogens is 282 g/mol. The summed E-state index contributed by atoms with van der Waals surface area (Å²) in [6.07, 6.45) is 4.03. The Morgan fingerprint density at radius 3 is 2.71 bits per heavy atom. The van der Waals surface area contributed by atoms with E-state index in [4.69, 9.17) is 11.6 Å². The predicted octanol–water partition coefficient (Wildman–Crippen LogP) is 4.40. The number of aromatic nitrogens is 2. The average molecular weight is 306 g/mol. The molecule has 1 aromatic heterocycles. The molecule has 2 rings (SSSR count). The second-order valence-electron chi connectivity index (χ2n) is 5.65. The van der Waals surface area contributed by atoms with Crippen LogP contribution in [0.2, 0.25) is 5.02 Å². The topological polar surface area (TPSA) is 29.9 Å². The normalized spacial score (nSPS) is 12.8. The zero-order valence-electron chi connectivity index (χ0n) is 13.0. The van der Waals surface area contributed by atoms with Crippen LogP contribution in [0.1, 0.15) is 50.5 Å². The Balaban J connectivity index is 2.15. The highest BCUT2D eigenvalue weighted by molar-refractivity contribution is 6.30. The third-order valence-electron chi connectivity index (χ3n) is 3.50. The summed E-state index contributed by atoms with van der Waals surface area (Å²) in [5.41, 5.74) is 2.33. The maximum absolute atomic E-state index is 6.12. The maximum Gasteiger partial charge on any atom is 0.0643 e. The van der Waals surface area contributed by atoms with Gasteiger partial charge in [-0.15, -0.1) is 0 Å². The molecule has 3 nitrogen and oxygen atoms in total. The van der Waals surface area contributed by atoms with E-state index in [-0.39, 0.29) is 6.04 Å². The molecule has 0 bridgehead atoms. The summed E-state index contributed by atoms with van der Waals surface area (Å²) in [7, 11) is 0. The van der Waals surface area contributed by atoms with Crippen LogP contribution in [0.25, 0.3) is 0 Å². The van der Waals surface area contributed by atoms with Crippen molar-refractivity contribution < 1.29 is 0 Å². The molecule has 0 saturated heterocycles. The molecular formula is C17H24ClN3. The van der Waals surface area contributed by atoms with Crippen LogP contribution in [0, 0.1) is 0 Å². The highest BCUT2D eigenvalue weighted by Gasteiger charge is 2.14. The van der Waals surface area contributed by atoms with Crippen molar-refractivity contribution in [2.45, 2.75) is 45.7 Å². The number of hydrogen-bond acceptors (Lipinski definition) is 2. The molecule has 4 heteroatoms. The number of nitrogens with zero attached hydrogens (tertiary/aromatic N) is 2. The molecule has 1 aromatic carbocycles. The van der Waals surface area contributed by atoms with Gasteiger partial charge in [0.05, 0.1) is 5.69 Å². The molecule has 0 spiro atoms. The molecule has 1 atom stereocenters. The summed E-state index contributed by atoms with van der Waals surface area (Å²) in [6.45, 7) is 7.44. The lowest BCUT2D eigenvalue weighted by molar-refractivity contribution is 0.499. The number of nitrogens with one attached hydrogen (secondary N) is 1. The van der Waals surface area contributed by atoms with Gasteiger partial charge < -0.3 is 5.32 Å². The summed E-state index contributed by atoms with van der Waals surface area (Å²) in [5, 5.41) is 9.02. The van der Waals surface area contributed by atoms with Gasteiger partial charge in [-0.2, -0.15) is 5.10 Å². The summed E-state index contributed by atoms with van der Waals surface area (Å²) in [4.78, 5) is 0. The highest BCUT2D eigenvalue weighted by atomic mass is 35.5. The number of halogens is 1. The molecule has 1 heterocycles. The van der Waals surface area contributed by atoms with Crippen LogP contribution < -0.4 is 5.32 Å². The largest absolute Gasteiger partial charge is 0.310 e. The van der Waals surface area contributed by atoms with Gasteiger partial charge in [-0.25, -0.2) is 0 Å². The van der Waals surface area contributed by atoms with E-state index in [0.717, 1.165) is 30.1 Å². The molecule has 1 unspecified atom stereocenters. The van der Waals surface area contributed by atoms with E-state index >= 15 is 0 Å². The second kappa shape index (κ2) is 7.62. The van der Waals surface area contributed by atoms with Gasteiger partial charge >= 0.3 is 0 Å². The zero-order chi connectivity index (χ0) is 15.2. The molecule has 0 fully saturated rings. The molecule has 114 valence electrons. The first-order chi connectivity index (χ1) is 10.1. The lowest BCUT2D eigenvalue weighted by Crippen LogP contribution is -2.24. The van der Waals surface area contributed by atoms with Crippen molar-refractivity contribution in [1.82, 2.24) is 15.1 Å². The first-order valence-electron chi connectivity index (χ1n) is 7.63. The molecule has 0 radical (unpaired) electrons. The van der Waals surface area contributed by atoms with Gasteiger partial charge in [0, 0.05) is 29.7 Å². The van der Waals surface area contributed by atoms with Crippen molar-refractivity contribution in [3.8, 4) is 0 Å². The third kappa shape index (κ3) is 4.58. The molecule has 21 heavy (non-hydrogen) atoms. The molecule has 1 N–H and O–H groups in total. The van der Waals surface area contributed by atoms with E-state index in [0.29, 0.717) is 6.04 Å². The van der Waals surface area contributed by atoms with E-state index in [9.17, 15) is 0 Å². The Morgan fingerprint density at radius 2 is 2.10 bits per heavy atom. The molecule has 0 aliphatic rings. The first-order valence-corrected chi connectivity index (χ1v) is 8.00. The van der Waals surface area contributed by atoms with Crippen molar-refractivity contribution in [2.75, 3.05) is 6.54 Å². The highest BCUT2D eigenvalue weighted by Crippen LogP contribution is 2.21. The minimum Gasteiger partial charge on any atom is -0.310 e. The SMILES string of the molecule is CCCNC(Cc1ccn(C(C)C)n1)c1cccc(Cl)c1. The van der Waals surface area contributed by atoms with Gasteiger partial charge in [-0.05, 0) is 50.6 Å². The Morgan fingerprint density at radius 1 is 1.29 bits per heavy atom. The summed E-state index contributed by atoms with van der Waals surface area (Å²) >= 11 is 6.12. The first kappa shape index (κ1) is 16.1. The Kier molecular flexibility index (Phi) is 5.83. The van der Waals surface area contributed by atoms with E-state index < -0.39 is 0 Å². The second-order valence-corrected chi connectivity index (χ2v) is 6.08. The molecule has 0 amide bonds. The fraction of sp³-hybridized carbons (Fsp3) is 0.471. The fourth-order valence-electron chi connectivity index (χ4n) is 2.33. The quantitative estimate of drug-likeness (QED) is 0.821. The molecule has 0 aliphatic heterocycles. The minimum absolute atomic E-state index is 0.249. The van der Waals surface area contributed by atoms with E-state index in [1.165, 1.54) is 5.56 Å². The standard InChI is InChI=1S/C17H24ClN3/c1-4-9-19-17(14-6-5-7-15(18)11-14)12-16-8-10-21(20-16)13(2)3/h5-8,10-11,13,17,19H,4,9,12H2,1-3H3. The van der Waals surface area contributed by atoms with Gasteiger partial charge in [0.2, 0.25) is 0 Å². The zero-order valence-corrected chi connectivity index (χ0v) is 13.8. The van der Waals surface area contributed by atoms with Crippen molar-refractivity contribution in [3.63, 3.8) is 0 Å². The van der Waals surface area contributed by atoms with Gasteiger partial charge in [-0.1, -0.05) is 30.7 Å². The Labute approximate surface area is 132 Å². The monoisotopic (exact) mass is 305 g/mol. The number of benzene rings is 1. The fourth-order valence-corrected chi connectivity index (χ4v) is 2.53. The molecule has 0 aliphatic carbocycles. The van der Waals surface area contributed by atoms with Crippen molar-refractivity contribution in [1.29, 1.82) is 0 Å². The van der Waals surface area contributed by atoms with Crippen LogP contribution in [0.5, 0.6) is 0 Å². The van der Waals surface area contributed by atoms with Crippen LogP contribution >= 0.6 is 11.6 Å². The van der Waals surface area contributed by atoms with Gasteiger partial charge in [0.1, 0.15) is 0 Å².